The van der Waals surface area contributed by atoms with Gasteiger partial charge in [-0.25, -0.2) is 0 Å². The Kier molecular flexibility index (Phi) is 4.20. The first-order valence-corrected chi connectivity index (χ1v) is 4.87. The van der Waals surface area contributed by atoms with Crippen molar-refractivity contribution in [2.24, 2.45) is 0 Å². The zero-order valence-electron chi connectivity index (χ0n) is 8.35. The van der Waals surface area contributed by atoms with E-state index in [1.165, 1.54) is 0 Å². The first-order chi connectivity index (χ1) is 6.74. The lowest BCUT2D eigenvalue weighted by Crippen LogP contribution is -1.91. The average molecular weight is 192 g/mol. The number of unbranched alkanes of at least 4 members (excludes halogenated alkanes) is 1. The van der Waals surface area contributed by atoms with E-state index in [9.17, 15) is 5.11 Å². The molecule has 14 heavy (non-hydrogen) atoms. The molecule has 0 aliphatic heterocycles. The maximum Gasteiger partial charge on any atom is 0.115 e. The third-order valence-corrected chi connectivity index (χ3v) is 2.01. The smallest absolute Gasteiger partial charge is 0.115 e. The zero-order valence-corrected chi connectivity index (χ0v) is 8.35. The monoisotopic (exact) mass is 192 g/mol. The SMILES string of the molecule is CCC/C=C/C(O)c1ccc(O)cc1. The van der Waals surface area contributed by atoms with Gasteiger partial charge in [-0.3, -0.25) is 0 Å². The number of hydrogen-bond acceptors (Lipinski definition) is 2. The quantitative estimate of drug-likeness (QED) is 0.720. The van der Waals surface area contributed by atoms with Crippen LogP contribution in [0, 0.1) is 0 Å². The number of aromatic hydroxyl groups is 1. The summed E-state index contributed by atoms with van der Waals surface area (Å²) in [6.07, 6.45) is 5.24. The first kappa shape index (κ1) is 10.8. The summed E-state index contributed by atoms with van der Waals surface area (Å²) in [4.78, 5) is 0. The molecule has 0 fully saturated rings. The predicted molar refractivity (Wildman–Crippen MR) is 57.1 cm³/mol. The van der Waals surface area contributed by atoms with Crippen molar-refractivity contribution in [1.29, 1.82) is 0 Å². The number of benzene rings is 1. The van der Waals surface area contributed by atoms with Crippen LogP contribution in [0.25, 0.3) is 0 Å². The molecule has 2 nitrogen and oxygen atoms in total. The van der Waals surface area contributed by atoms with Crippen LogP contribution in [-0.2, 0) is 0 Å². The lowest BCUT2D eigenvalue weighted by atomic mass is 10.1. The molecule has 0 heterocycles. The minimum Gasteiger partial charge on any atom is -0.508 e. The molecule has 0 saturated heterocycles. The number of aliphatic hydroxyl groups excluding tert-OH is 1. The van der Waals surface area contributed by atoms with Crippen molar-refractivity contribution in [3.8, 4) is 5.75 Å². The Morgan fingerprint density at radius 3 is 2.50 bits per heavy atom. The highest BCUT2D eigenvalue weighted by Crippen LogP contribution is 2.17. The molecular formula is C12H16O2. The molecule has 2 N–H and O–H groups in total. The third-order valence-electron chi connectivity index (χ3n) is 2.01. The average Bonchev–Trinajstić information content (AvgIpc) is 2.19. The normalized spacial score (nSPS) is 13.3. The van der Waals surface area contributed by atoms with Crippen molar-refractivity contribution in [3.63, 3.8) is 0 Å². The fourth-order valence-electron chi connectivity index (χ4n) is 1.17. The molecule has 1 atom stereocenters. The molecular weight excluding hydrogens is 176 g/mol. The van der Waals surface area contributed by atoms with Gasteiger partial charge in [0.25, 0.3) is 0 Å². The van der Waals surface area contributed by atoms with Crippen LogP contribution in [0.5, 0.6) is 5.75 Å². The van der Waals surface area contributed by atoms with E-state index in [4.69, 9.17) is 5.11 Å². The molecule has 1 aromatic rings. The van der Waals surface area contributed by atoms with Crippen molar-refractivity contribution in [2.45, 2.75) is 25.9 Å². The summed E-state index contributed by atoms with van der Waals surface area (Å²) in [5, 5.41) is 18.7. The summed E-state index contributed by atoms with van der Waals surface area (Å²) >= 11 is 0. The molecule has 2 heteroatoms. The fourth-order valence-corrected chi connectivity index (χ4v) is 1.17. The number of rotatable bonds is 4. The Morgan fingerprint density at radius 1 is 1.29 bits per heavy atom. The Hall–Kier alpha value is -1.28. The maximum atomic E-state index is 9.67. The molecule has 76 valence electrons. The molecule has 0 aliphatic rings. The van der Waals surface area contributed by atoms with Crippen LogP contribution in [-0.4, -0.2) is 10.2 Å². The molecule has 1 aromatic carbocycles. The number of hydrogen-bond donors (Lipinski definition) is 2. The minimum absolute atomic E-state index is 0.221. The summed E-state index contributed by atoms with van der Waals surface area (Å²) in [6, 6.07) is 6.59. The van der Waals surface area contributed by atoms with Gasteiger partial charge in [-0.1, -0.05) is 37.6 Å². The molecule has 0 bridgehead atoms. The van der Waals surface area contributed by atoms with E-state index in [1.807, 2.05) is 6.08 Å². The van der Waals surface area contributed by atoms with E-state index in [-0.39, 0.29) is 5.75 Å². The van der Waals surface area contributed by atoms with E-state index in [0.29, 0.717) is 0 Å². The van der Waals surface area contributed by atoms with Gasteiger partial charge in [0.05, 0.1) is 6.10 Å². The molecule has 0 saturated carbocycles. The number of aliphatic hydroxyl groups is 1. The third kappa shape index (κ3) is 3.23. The van der Waals surface area contributed by atoms with E-state index < -0.39 is 6.10 Å². The minimum atomic E-state index is -0.567. The Balaban J connectivity index is 2.60. The Bertz CT molecular complexity index is 288. The molecule has 1 rings (SSSR count). The van der Waals surface area contributed by atoms with Gasteiger partial charge in [0.2, 0.25) is 0 Å². The van der Waals surface area contributed by atoms with Gasteiger partial charge in [0.1, 0.15) is 5.75 Å². The second kappa shape index (κ2) is 5.45. The number of phenols is 1. The molecule has 0 aliphatic carbocycles. The second-order valence-electron chi connectivity index (χ2n) is 3.25. The molecule has 1 unspecified atom stereocenters. The summed E-state index contributed by atoms with van der Waals surface area (Å²) in [6.45, 7) is 2.09. The molecule has 0 amide bonds. The largest absolute Gasteiger partial charge is 0.508 e. The van der Waals surface area contributed by atoms with Crippen molar-refractivity contribution >= 4 is 0 Å². The lowest BCUT2D eigenvalue weighted by Gasteiger charge is -2.05. The van der Waals surface area contributed by atoms with Crippen molar-refractivity contribution in [3.05, 3.63) is 42.0 Å². The molecule has 0 spiro atoms. The summed E-state index contributed by atoms with van der Waals surface area (Å²) in [5.41, 5.74) is 0.801. The van der Waals surface area contributed by atoms with Gasteiger partial charge in [-0.2, -0.15) is 0 Å². The van der Waals surface area contributed by atoms with Crippen LogP contribution in [0.4, 0.5) is 0 Å². The Labute approximate surface area is 84.5 Å². The highest BCUT2D eigenvalue weighted by atomic mass is 16.3. The van der Waals surface area contributed by atoms with Gasteiger partial charge < -0.3 is 10.2 Å². The van der Waals surface area contributed by atoms with Gasteiger partial charge in [-0.05, 0) is 24.1 Å². The molecule has 0 aromatic heterocycles. The van der Waals surface area contributed by atoms with Crippen LogP contribution < -0.4 is 0 Å². The van der Waals surface area contributed by atoms with E-state index in [1.54, 1.807) is 30.3 Å². The van der Waals surface area contributed by atoms with Gasteiger partial charge in [0, 0.05) is 0 Å². The Morgan fingerprint density at radius 2 is 1.93 bits per heavy atom. The summed E-state index contributed by atoms with van der Waals surface area (Å²) < 4.78 is 0. The van der Waals surface area contributed by atoms with Crippen LogP contribution in [0.1, 0.15) is 31.4 Å². The van der Waals surface area contributed by atoms with Crippen molar-refractivity contribution < 1.29 is 10.2 Å². The van der Waals surface area contributed by atoms with Gasteiger partial charge in [-0.15, -0.1) is 0 Å². The zero-order chi connectivity index (χ0) is 10.4. The first-order valence-electron chi connectivity index (χ1n) is 4.87. The predicted octanol–water partition coefficient (Wildman–Crippen LogP) is 2.78. The van der Waals surface area contributed by atoms with Crippen LogP contribution >= 0.6 is 0 Å². The number of allylic oxidation sites excluding steroid dienone is 1. The van der Waals surface area contributed by atoms with Crippen LogP contribution in [0.15, 0.2) is 36.4 Å². The highest BCUT2D eigenvalue weighted by Gasteiger charge is 2.01. The topological polar surface area (TPSA) is 40.5 Å². The van der Waals surface area contributed by atoms with E-state index >= 15 is 0 Å². The van der Waals surface area contributed by atoms with Gasteiger partial charge in [0.15, 0.2) is 0 Å². The summed E-state index contributed by atoms with van der Waals surface area (Å²) in [5.74, 6) is 0.221. The standard InChI is InChI=1S/C12H16O2/c1-2-3-4-5-12(14)10-6-8-11(13)9-7-10/h4-9,12-14H,2-3H2,1H3/b5-4+. The maximum absolute atomic E-state index is 9.67. The summed E-state index contributed by atoms with van der Waals surface area (Å²) in [7, 11) is 0. The van der Waals surface area contributed by atoms with E-state index in [0.717, 1.165) is 18.4 Å². The van der Waals surface area contributed by atoms with Crippen molar-refractivity contribution in [1.82, 2.24) is 0 Å². The van der Waals surface area contributed by atoms with Gasteiger partial charge >= 0.3 is 0 Å². The number of phenolic OH excluding ortho intramolecular Hbond substituents is 1. The lowest BCUT2D eigenvalue weighted by molar-refractivity contribution is 0.228. The van der Waals surface area contributed by atoms with Crippen LogP contribution in [0.3, 0.4) is 0 Å². The van der Waals surface area contributed by atoms with E-state index in [2.05, 4.69) is 6.92 Å². The second-order valence-corrected chi connectivity index (χ2v) is 3.25. The van der Waals surface area contributed by atoms with Crippen molar-refractivity contribution in [2.75, 3.05) is 0 Å². The molecule has 0 radical (unpaired) electrons. The fraction of sp³-hybridized carbons (Fsp3) is 0.333. The highest BCUT2D eigenvalue weighted by molar-refractivity contribution is 5.28. The van der Waals surface area contributed by atoms with Crippen LogP contribution in [0.2, 0.25) is 0 Å².